The molecule has 0 unspecified atom stereocenters. The van der Waals surface area contributed by atoms with Crippen molar-refractivity contribution in [3.63, 3.8) is 0 Å². The molecule has 0 aliphatic carbocycles. The summed E-state index contributed by atoms with van der Waals surface area (Å²) >= 11 is 0. The first kappa shape index (κ1) is 23.0. The monoisotopic (exact) mass is 403 g/mol. The fraction of sp³-hybridized carbons (Fsp3) is 0.636. The predicted octanol–water partition coefficient (Wildman–Crippen LogP) is 3.14. The molecule has 1 heterocycles. The summed E-state index contributed by atoms with van der Waals surface area (Å²) in [5.74, 6) is 0.626. The van der Waals surface area contributed by atoms with Gasteiger partial charge in [0.25, 0.3) is 5.91 Å². The van der Waals surface area contributed by atoms with Crippen LogP contribution in [0.15, 0.2) is 18.2 Å². The standard InChI is InChI=1S/C22H37N5O2/c1-5-23-22(29)25-18-8-9-20(27-13-10-17(4)11-14-27)19(16-18)21(28)24-12-15-26(6-2)7-3/h8-9,16-17H,5-7,10-15H2,1-4H3,(H,24,28)(H2,23,25,29). The molecule has 0 saturated carbocycles. The number of piperidine rings is 1. The van der Waals surface area contributed by atoms with Crippen molar-refractivity contribution in [3.05, 3.63) is 23.8 Å². The summed E-state index contributed by atoms with van der Waals surface area (Å²) in [7, 11) is 0. The van der Waals surface area contributed by atoms with E-state index in [2.05, 4.69) is 46.5 Å². The van der Waals surface area contributed by atoms with Gasteiger partial charge in [0.05, 0.1) is 5.56 Å². The zero-order valence-electron chi connectivity index (χ0n) is 18.4. The molecule has 1 aromatic carbocycles. The molecule has 1 fully saturated rings. The molecule has 29 heavy (non-hydrogen) atoms. The first-order valence-electron chi connectivity index (χ1n) is 10.9. The van der Waals surface area contributed by atoms with Crippen molar-refractivity contribution in [2.24, 2.45) is 5.92 Å². The maximum absolute atomic E-state index is 13.0. The molecule has 7 heteroatoms. The number of rotatable bonds is 9. The molecule has 0 radical (unpaired) electrons. The number of nitrogens with one attached hydrogen (secondary N) is 3. The summed E-state index contributed by atoms with van der Waals surface area (Å²) < 4.78 is 0. The highest BCUT2D eigenvalue weighted by Crippen LogP contribution is 2.28. The number of carbonyl (C=O) groups excluding carboxylic acids is 2. The van der Waals surface area contributed by atoms with Gasteiger partial charge < -0.3 is 25.8 Å². The Hall–Kier alpha value is -2.28. The minimum absolute atomic E-state index is 0.0923. The third-order valence-electron chi connectivity index (χ3n) is 5.57. The van der Waals surface area contributed by atoms with Crippen LogP contribution in [-0.2, 0) is 0 Å². The van der Waals surface area contributed by atoms with Gasteiger partial charge in [-0.05, 0) is 57.0 Å². The summed E-state index contributed by atoms with van der Waals surface area (Å²) in [6.07, 6.45) is 2.25. The average Bonchev–Trinajstić information content (AvgIpc) is 2.72. The van der Waals surface area contributed by atoms with Crippen molar-refractivity contribution in [1.82, 2.24) is 15.5 Å². The molecule has 3 N–H and O–H groups in total. The van der Waals surface area contributed by atoms with Crippen LogP contribution >= 0.6 is 0 Å². The van der Waals surface area contributed by atoms with Crippen LogP contribution in [0.2, 0.25) is 0 Å². The summed E-state index contributed by atoms with van der Waals surface area (Å²) in [6, 6.07) is 5.35. The number of hydrogen-bond donors (Lipinski definition) is 3. The molecule has 1 saturated heterocycles. The Morgan fingerprint density at radius 3 is 2.41 bits per heavy atom. The van der Waals surface area contributed by atoms with Crippen molar-refractivity contribution < 1.29 is 9.59 Å². The van der Waals surface area contributed by atoms with Crippen LogP contribution in [0.5, 0.6) is 0 Å². The molecular formula is C22H37N5O2. The van der Waals surface area contributed by atoms with Crippen LogP contribution < -0.4 is 20.9 Å². The Morgan fingerprint density at radius 2 is 1.79 bits per heavy atom. The lowest BCUT2D eigenvalue weighted by Crippen LogP contribution is -2.37. The third kappa shape index (κ3) is 6.92. The molecule has 0 bridgehead atoms. The third-order valence-corrected chi connectivity index (χ3v) is 5.57. The van der Waals surface area contributed by atoms with E-state index < -0.39 is 0 Å². The highest BCUT2D eigenvalue weighted by molar-refractivity contribution is 6.02. The number of hydrogen-bond acceptors (Lipinski definition) is 4. The second-order valence-electron chi connectivity index (χ2n) is 7.67. The van der Waals surface area contributed by atoms with Gasteiger partial charge in [0, 0.05) is 44.1 Å². The largest absolute Gasteiger partial charge is 0.371 e. The summed E-state index contributed by atoms with van der Waals surface area (Å²) in [4.78, 5) is 29.5. The van der Waals surface area contributed by atoms with Gasteiger partial charge in [-0.2, -0.15) is 0 Å². The molecule has 1 aliphatic heterocycles. The Kier molecular flexibility index (Phi) is 9.25. The van der Waals surface area contributed by atoms with E-state index >= 15 is 0 Å². The second-order valence-corrected chi connectivity index (χ2v) is 7.67. The molecule has 0 aromatic heterocycles. The van der Waals surface area contributed by atoms with E-state index in [0.717, 1.165) is 57.2 Å². The fourth-order valence-electron chi connectivity index (χ4n) is 3.62. The second kappa shape index (κ2) is 11.7. The van der Waals surface area contributed by atoms with E-state index in [1.807, 2.05) is 19.1 Å². The normalized spacial score (nSPS) is 14.7. The van der Waals surface area contributed by atoms with Crippen molar-refractivity contribution in [1.29, 1.82) is 0 Å². The minimum atomic E-state index is -0.264. The van der Waals surface area contributed by atoms with E-state index in [0.29, 0.717) is 24.3 Å². The maximum Gasteiger partial charge on any atom is 0.319 e. The van der Waals surface area contributed by atoms with Gasteiger partial charge in [0.15, 0.2) is 0 Å². The molecule has 0 atom stereocenters. The number of anilines is 2. The Balaban J connectivity index is 2.16. The summed E-state index contributed by atoms with van der Waals surface area (Å²) in [5, 5.41) is 8.59. The van der Waals surface area contributed by atoms with Gasteiger partial charge in [0.2, 0.25) is 0 Å². The molecule has 162 valence electrons. The molecule has 1 aliphatic rings. The Bertz CT molecular complexity index is 667. The van der Waals surface area contributed by atoms with Crippen LogP contribution in [0.25, 0.3) is 0 Å². The van der Waals surface area contributed by atoms with Crippen molar-refractivity contribution in [3.8, 4) is 0 Å². The minimum Gasteiger partial charge on any atom is -0.371 e. The van der Waals surface area contributed by atoms with Gasteiger partial charge in [-0.1, -0.05) is 20.8 Å². The van der Waals surface area contributed by atoms with Crippen LogP contribution in [0.1, 0.15) is 50.9 Å². The van der Waals surface area contributed by atoms with Gasteiger partial charge in [0.1, 0.15) is 0 Å². The van der Waals surface area contributed by atoms with Crippen LogP contribution in [0.3, 0.4) is 0 Å². The fourth-order valence-corrected chi connectivity index (χ4v) is 3.62. The van der Waals surface area contributed by atoms with Crippen molar-refractivity contribution >= 4 is 23.3 Å². The number of urea groups is 1. The molecule has 3 amide bonds. The summed E-state index contributed by atoms with van der Waals surface area (Å²) in [5.41, 5.74) is 2.19. The highest BCUT2D eigenvalue weighted by Gasteiger charge is 2.22. The van der Waals surface area contributed by atoms with Gasteiger partial charge in [-0.3, -0.25) is 4.79 Å². The van der Waals surface area contributed by atoms with E-state index in [4.69, 9.17) is 0 Å². The average molecular weight is 404 g/mol. The number of carbonyl (C=O) groups is 2. The lowest BCUT2D eigenvalue weighted by Gasteiger charge is -2.33. The molecular weight excluding hydrogens is 366 g/mol. The van der Waals surface area contributed by atoms with Crippen LogP contribution in [0, 0.1) is 5.92 Å². The van der Waals surface area contributed by atoms with E-state index in [1.165, 1.54) is 0 Å². The number of nitrogens with zero attached hydrogens (tertiary/aromatic N) is 2. The number of benzene rings is 1. The molecule has 7 nitrogen and oxygen atoms in total. The Labute approximate surface area is 175 Å². The number of likely N-dealkylation sites (N-methyl/N-ethyl adjacent to an activating group) is 1. The summed E-state index contributed by atoms with van der Waals surface area (Å²) in [6.45, 7) is 14.2. The van der Waals surface area contributed by atoms with Crippen LogP contribution in [0.4, 0.5) is 16.2 Å². The van der Waals surface area contributed by atoms with Crippen molar-refractivity contribution in [2.75, 3.05) is 56.0 Å². The zero-order valence-corrected chi connectivity index (χ0v) is 18.4. The van der Waals surface area contributed by atoms with Gasteiger partial charge in [-0.15, -0.1) is 0 Å². The maximum atomic E-state index is 13.0. The molecule has 0 spiro atoms. The quantitative estimate of drug-likeness (QED) is 0.592. The lowest BCUT2D eigenvalue weighted by atomic mass is 9.98. The van der Waals surface area contributed by atoms with Crippen LogP contribution in [-0.4, -0.2) is 62.7 Å². The van der Waals surface area contributed by atoms with E-state index in [-0.39, 0.29) is 11.9 Å². The van der Waals surface area contributed by atoms with Crippen molar-refractivity contribution in [2.45, 2.75) is 40.5 Å². The lowest BCUT2D eigenvalue weighted by molar-refractivity contribution is 0.0949. The smallest absolute Gasteiger partial charge is 0.319 e. The Morgan fingerprint density at radius 1 is 1.10 bits per heavy atom. The van der Waals surface area contributed by atoms with E-state index in [1.54, 1.807) is 6.07 Å². The van der Waals surface area contributed by atoms with Gasteiger partial charge >= 0.3 is 6.03 Å². The number of amides is 3. The first-order valence-corrected chi connectivity index (χ1v) is 10.9. The van der Waals surface area contributed by atoms with Gasteiger partial charge in [-0.25, -0.2) is 4.79 Å². The molecule has 2 rings (SSSR count). The first-order chi connectivity index (χ1) is 14.0. The topological polar surface area (TPSA) is 76.7 Å². The SMILES string of the molecule is CCNC(=O)Nc1ccc(N2CCC(C)CC2)c(C(=O)NCCN(CC)CC)c1. The zero-order chi connectivity index (χ0) is 21.2. The highest BCUT2D eigenvalue weighted by atomic mass is 16.2. The predicted molar refractivity (Wildman–Crippen MR) is 120 cm³/mol. The van der Waals surface area contributed by atoms with E-state index in [9.17, 15) is 9.59 Å². The molecule has 1 aromatic rings.